The van der Waals surface area contributed by atoms with Gasteiger partial charge in [-0.3, -0.25) is 0 Å². The van der Waals surface area contributed by atoms with Gasteiger partial charge in [0.25, 0.3) is 0 Å². The maximum absolute atomic E-state index is 2.17. The highest BCUT2D eigenvalue weighted by atomic mass is 13.7. The third kappa shape index (κ3) is 85.7. The molecule has 0 fully saturated rings. The summed E-state index contributed by atoms with van der Waals surface area (Å²) in [6.07, 6.45) is 0. The monoisotopic (exact) mass is 343 g/mol. The molecule has 143 valence electrons. The van der Waals surface area contributed by atoms with E-state index in [0.717, 1.165) is 11.8 Å². The minimum Gasteiger partial charge on any atom is -0.0683 e. The number of rotatable bonds is 0. The van der Waals surface area contributed by atoms with Crippen LogP contribution in [0.2, 0.25) is 0 Å². The predicted molar refractivity (Wildman–Crippen MR) is 122 cm³/mol. The highest BCUT2D eigenvalue weighted by molar-refractivity contribution is 5.75. The molecule has 0 N–H and O–H groups in total. The molecular weight excluding hydrogens is 299 g/mol. The van der Waals surface area contributed by atoms with Gasteiger partial charge in [-0.2, -0.15) is 0 Å². The summed E-state index contributed by atoms with van der Waals surface area (Å²) in [4.78, 5) is 0. The van der Waals surface area contributed by atoms with Crippen molar-refractivity contribution in [2.45, 2.75) is 69.2 Å². The first kappa shape index (κ1) is 34.8. The maximum atomic E-state index is 2.17. The van der Waals surface area contributed by atoms with Crippen molar-refractivity contribution in [3.8, 4) is 0 Å². The highest BCUT2D eigenvalue weighted by Gasteiger charge is 1.68. The molecule has 0 saturated carbocycles. The molecule has 2 aromatic carbocycles. The van der Waals surface area contributed by atoms with Crippen LogP contribution in [-0.4, -0.2) is 8.41 Å². The lowest BCUT2D eigenvalue weighted by molar-refractivity contribution is 0.736. The molecule has 0 nitrogen and oxygen atoms in total. The predicted octanol–water partition coefficient (Wildman–Crippen LogP) is 8.37. The summed E-state index contributed by atoms with van der Waals surface area (Å²) < 4.78 is 0. The molecule has 0 amide bonds. The second kappa shape index (κ2) is 38.2. The molecule has 0 aliphatic carbocycles. The van der Waals surface area contributed by atoms with E-state index in [4.69, 9.17) is 0 Å². The van der Waals surface area contributed by atoms with Crippen molar-refractivity contribution >= 4 is 8.41 Å². The van der Waals surface area contributed by atoms with E-state index in [1.165, 1.54) is 0 Å². The highest BCUT2D eigenvalue weighted by Crippen LogP contribution is 1.82. The Morgan fingerprint density at radius 3 is 0.400 bits per heavy atom. The maximum Gasteiger partial charge on any atom is 0 e. The van der Waals surface area contributed by atoms with Gasteiger partial charge >= 0.3 is 0 Å². The molecule has 0 atom stereocenters. The van der Waals surface area contributed by atoms with Crippen LogP contribution in [0.3, 0.4) is 0 Å². The molecule has 25 heavy (non-hydrogen) atoms. The van der Waals surface area contributed by atoms with Crippen molar-refractivity contribution in [1.82, 2.24) is 0 Å². The van der Waals surface area contributed by atoms with Crippen LogP contribution < -0.4 is 0 Å². The van der Waals surface area contributed by atoms with E-state index in [1.807, 2.05) is 100 Å². The molecule has 1 heteroatoms. The second-order valence-electron chi connectivity index (χ2n) is 5.77. The first-order valence-electron chi connectivity index (χ1n) is 9.46. The van der Waals surface area contributed by atoms with Gasteiger partial charge in [0.1, 0.15) is 0 Å². The molecule has 0 spiro atoms. The van der Waals surface area contributed by atoms with E-state index in [0.29, 0.717) is 0 Å². The fourth-order valence-corrected chi connectivity index (χ4v) is 0.770. The van der Waals surface area contributed by atoms with Crippen LogP contribution in [0.1, 0.15) is 69.2 Å². The van der Waals surface area contributed by atoms with Gasteiger partial charge in [-0.05, 0) is 11.8 Å². The van der Waals surface area contributed by atoms with Gasteiger partial charge < -0.3 is 0 Å². The Labute approximate surface area is 162 Å². The molecule has 0 saturated heterocycles. The van der Waals surface area contributed by atoms with E-state index in [9.17, 15) is 0 Å². The summed E-state index contributed by atoms with van der Waals surface area (Å²) in [6.45, 7) is 21.0. The number of hydrogen-bond acceptors (Lipinski definition) is 0. The van der Waals surface area contributed by atoms with E-state index < -0.39 is 0 Å². The summed E-state index contributed by atoms with van der Waals surface area (Å²) in [6, 6.07) is 24.0. The first-order chi connectivity index (χ1) is 11.5. The van der Waals surface area contributed by atoms with Crippen LogP contribution in [0, 0.1) is 11.8 Å². The number of benzene rings is 2. The summed E-state index contributed by atoms with van der Waals surface area (Å²) in [5, 5.41) is 0. The van der Waals surface area contributed by atoms with Crippen molar-refractivity contribution < 1.29 is 0 Å². The molecule has 2 aromatic rings. The van der Waals surface area contributed by atoms with E-state index in [2.05, 4.69) is 41.5 Å². The average Bonchev–Trinajstić information content (AvgIpc) is 2.61. The van der Waals surface area contributed by atoms with Gasteiger partial charge in [0.15, 0.2) is 0 Å². The first-order valence-corrected chi connectivity index (χ1v) is 9.46. The Bertz CT molecular complexity index is 245. The van der Waals surface area contributed by atoms with Crippen molar-refractivity contribution in [2.75, 3.05) is 0 Å². The Balaban J connectivity index is -0.0000000669. The lowest BCUT2D eigenvalue weighted by Crippen LogP contribution is -1.66. The number of hydrogen-bond donors (Lipinski definition) is 0. The quantitative estimate of drug-likeness (QED) is 0.421. The van der Waals surface area contributed by atoms with E-state index in [1.54, 1.807) is 0 Å². The van der Waals surface area contributed by atoms with Crippen molar-refractivity contribution in [3.63, 3.8) is 0 Å². The van der Waals surface area contributed by atoms with Crippen molar-refractivity contribution in [2.24, 2.45) is 11.8 Å². The van der Waals surface area contributed by atoms with Crippen LogP contribution in [0.25, 0.3) is 0 Å². The second-order valence-corrected chi connectivity index (χ2v) is 5.77. The molecule has 3 radical (unpaired) electrons. The third-order valence-electron chi connectivity index (χ3n) is 1.33. The van der Waals surface area contributed by atoms with Crippen LogP contribution >= 0.6 is 0 Å². The summed E-state index contributed by atoms with van der Waals surface area (Å²) in [5.74, 6) is 1.67. The van der Waals surface area contributed by atoms with Crippen LogP contribution in [0.4, 0.5) is 0 Å². The third-order valence-corrected chi connectivity index (χ3v) is 1.33. The van der Waals surface area contributed by atoms with Gasteiger partial charge in [0.2, 0.25) is 0 Å². The van der Waals surface area contributed by atoms with Crippen LogP contribution in [-0.2, 0) is 0 Å². The van der Waals surface area contributed by atoms with Gasteiger partial charge in [0, 0.05) is 8.41 Å². The minimum atomic E-state index is 0. The van der Waals surface area contributed by atoms with Gasteiger partial charge in [-0.1, -0.05) is 142 Å². The fourth-order valence-electron chi connectivity index (χ4n) is 0.770. The van der Waals surface area contributed by atoms with Crippen LogP contribution in [0.15, 0.2) is 72.8 Å². The average molecular weight is 343 g/mol. The van der Waals surface area contributed by atoms with E-state index in [-0.39, 0.29) is 8.41 Å². The lowest BCUT2D eigenvalue weighted by Gasteiger charge is -1.79. The standard InChI is InChI=1S/2C6H6.2C4H10.2C2H6.B/c2*1-2-4-6-5-3-1;2*1-4(2)3;2*1-2;/h2*1-6H;2*4H,1-3H3;2*1-2H3;. The Hall–Kier alpha value is -1.50. The van der Waals surface area contributed by atoms with Crippen molar-refractivity contribution in [3.05, 3.63) is 72.8 Å². The molecule has 0 bridgehead atoms. The topological polar surface area (TPSA) is 0 Å². The van der Waals surface area contributed by atoms with E-state index >= 15 is 0 Å². The fraction of sp³-hybridized carbons (Fsp3) is 0.500. The zero-order valence-corrected chi connectivity index (χ0v) is 18.7. The summed E-state index contributed by atoms with van der Waals surface area (Å²) in [7, 11) is 0. The van der Waals surface area contributed by atoms with Gasteiger partial charge in [0.05, 0.1) is 0 Å². The zero-order chi connectivity index (χ0) is 19.6. The summed E-state index contributed by atoms with van der Waals surface area (Å²) >= 11 is 0. The molecule has 2 rings (SSSR count). The minimum absolute atomic E-state index is 0. The molecular formula is C24H44B. The Kier molecular flexibility index (Phi) is 53.1. The van der Waals surface area contributed by atoms with Gasteiger partial charge in [-0.25, -0.2) is 0 Å². The SMILES string of the molecule is CC.CC.CC(C)C.CC(C)C.[B].c1ccccc1.c1ccccc1. The molecule has 0 heterocycles. The molecule has 0 unspecified atom stereocenters. The molecule has 0 aliphatic rings. The smallest absolute Gasteiger partial charge is 0 e. The Morgan fingerprint density at radius 1 is 0.320 bits per heavy atom. The molecule has 0 aliphatic heterocycles. The molecule has 0 aromatic heterocycles. The van der Waals surface area contributed by atoms with Gasteiger partial charge in [-0.15, -0.1) is 0 Å². The summed E-state index contributed by atoms with van der Waals surface area (Å²) in [5.41, 5.74) is 0. The zero-order valence-electron chi connectivity index (χ0n) is 18.7. The lowest BCUT2D eigenvalue weighted by atomic mass is 10.3. The van der Waals surface area contributed by atoms with Crippen LogP contribution in [0.5, 0.6) is 0 Å². The largest absolute Gasteiger partial charge is 0.0683 e. The Morgan fingerprint density at radius 2 is 0.360 bits per heavy atom. The van der Waals surface area contributed by atoms with Crippen molar-refractivity contribution in [1.29, 1.82) is 0 Å². The normalized spacial score (nSPS) is 7.20.